The fourth-order valence-electron chi connectivity index (χ4n) is 1.48. The van der Waals surface area contributed by atoms with Crippen molar-refractivity contribution >= 4 is 0 Å². The Morgan fingerprint density at radius 1 is 1.50 bits per heavy atom. The minimum atomic E-state index is -0.148. The van der Waals surface area contributed by atoms with Gasteiger partial charge >= 0.3 is 0 Å². The molecule has 1 saturated heterocycles. The second-order valence-corrected chi connectivity index (χ2v) is 3.85. The Morgan fingerprint density at radius 3 is 2.92 bits per heavy atom. The standard InChI is InChI=1S/C9H19NO2/c1-8(2)12-9(3)6-10-4-5-11-7-9/h8,10H,4-7H2,1-3H3/t9-/m1/s1. The van der Waals surface area contributed by atoms with E-state index >= 15 is 0 Å². The van der Waals surface area contributed by atoms with Gasteiger partial charge in [-0.3, -0.25) is 0 Å². The minimum Gasteiger partial charge on any atom is -0.377 e. The van der Waals surface area contributed by atoms with Gasteiger partial charge in [-0.25, -0.2) is 0 Å². The largest absolute Gasteiger partial charge is 0.377 e. The summed E-state index contributed by atoms with van der Waals surface area (Å²) in [5, 5.41) is 3.29. The van der Waals surface area contributed by atoms with Gasteiger partial charge in [-0.1, -0.05) is 0 Å². The number of rotatable bonds is 2. The summed E-state index contributed by atoms with van der Waals surface area (Å²) in [6.07, 6.45) is 0.262. The number of hydrogen-bond donors (Lipinski definition) is 1. The van der Waals surface area contributed by atoms with Gasteiger partial charge in [0.2, 0.25) is 0 Å². The Hall–Kier alpha value is -0.120. The molecule has 0 aromatic heterocycles. The molecule has 3 heteroatoms. The summed E-state index contributed by atoms with van der Waals surface area (Å²) in [5.41, 5.74) is -0.148. The Balaban J connectivity index is 2.42. The van der Waals surface area contributed by atoms with Crippen molar-refractivity contribution < 1.29 is 9.47 Å². The molecule has 1 aliphatic heterocycles. The van der Waals surface area contributed by atoms with Gasteiger partial charge in [0.15, 0.2) is 0 Å². The molecule has 1 N–H and O–H groups in total. The molecular weight excluding hydrogens is 154 g/mol. The summed E-state index contributed by atoms with van der Waals surface area (Å²) in [6.45, 7) is 9.48. The fraction of sp³-hybridized carbons (Fsp3) is 1.00. The molecule has 1 rings (SSSR count). The van der Waals surface area contributed by atoms with Crippen LogP contribution in [0.2, 0.25) is 0 Å². The molecule has 1 aliphatic rings. The molecule has 1 heterocycles. The van der Waals surface area contributed by atoms with E-state index in [1.54, 1.807) is 0 Å². The van der Waals surface area contributed by atoms with E-state index in [-0.39, 0.29) is 11.7 Å². The van der Waals surface area contributed by atoms with Crippen LogP contribution >= 0.6 is 0 Å². The molecule has 0 amide bonds. The molecule has 0 unspecified atom stereocenters. The maximum Gasteiger partial charge on any atom is 0.101 e. The van der Waals surface area contributed by atoms with Crippen LogP contribution in [0.4, 0.5) is 0 Å². The summed E-state index contributed by atoms with van der Waals surface area (Å²) in [6, 6.07) is 0. The zero-order valence-corrected chi connectivity index (χ0v) is 8.22. The molecule has 0 aliphatic carbocycles. The van der Waals surface area contributed by atoms with Gasteiger partial charge in [-0.15, -0.1) is 0 Å². The second kappa shape index (κ2) is 4.21. The molecule has 1 fully saturated rings. The van der Waals surface area contributed by atoms with E-state index in [0.717, 1.165) is 19.7 Å². The predicted octanol–water partition coefficient (Wildman–Crippen LogP) is 0.790. The molecule has 0 aromatic rings. The molecule has 0 radical (unpaired) electrons. The average molecular weight is 173 g/mol. The van der Waals surface area contributed by atoms with E-state index in [0.29, 0.717) is 6.61 Å². The van der Waals surface area contributed by atoms with Gasteiger partial charge in [0, 0.05) is 13.1 Å². The molecule has 0 bridgehead atoms. The molecule has 0 aromatic carbocycles. The molecule has 12 heavy (non-hydrogen) atoms. The topological polar surface area (TPSA) is 30.5 Å². The maximum absolute atomic E-state index is 5.77. The van der Waals surface area contributed by atoms with Gasteiger partial charge in [0.25, 0.3) is 0 Å². The van der Waals surface area contributed by atoms with E-state index in [1.165, 1.54) is 0 Å². The van der Waals surface area contributed by atoms with Crippen LogP contribution < -0.4 is 5.32 Å². The molecule has 1 atom stereocenters. The van der Waals surface area contributed by atoms with Gasteiger partial charge in [-0.2, -0.15) is 0 Å². The third-order valence-electron chi connectivity index (χ3n) is 1.85. The van der Waals surface area contributed by atoms with Crippen molar-refractivity contribution in [3.8, 4) is 0 Å². The smallest absolute Gasteiger partial charge is 0.101 e. The van der Waals surface area contributed by atoms with E-state index in [4.69, 9.17) is 9.47 Å². The molecule has 0 saturated carbocycles. The van der Waals surface area contributed by atoms with Crippen molar-refractivity contribution in [3.05, 3.63) is 0 Å². The average Bonchev–Trinajstić information content (AvgIpc) is 2.12. The normalized spacial score (nSPS) is 32.0. The van der Waals surface area contributed by atoms with E-state index in [2.05, 4.69) is 26.1 Å². The van der Waals surface area contributed by atoms with Crippen LogP contribution in [0.3, 0.4) is 0 Å². The van der Waals surface area contributed by atoms with E-state index < -0.39 is 0 Å². The third-order valence-corrected chi connectivity index (χ3v) is 1.85. The Bertz CT molecular complexity index is 128. The summed E-state index contributed by atoms with van der Waals surface area (Å²) in [4.78, 5) is 0. The third kappa shape index (κ3) is 3.09. The van der Waals surface area contributed by atoms with Crippen LogP contribution in [-0.4, -0.2) is 38.0 Å². The van der Waals surface area contributed by atoms with Gasteiger partial charge in [-0.05, 0) is 20.8 Å². The van der Waals surface area contributed by atoms with E-state index in [9.17, 15) is 0 Å². The first-order chi connectivity index (χ1) is 5.62. The van der Waals surface area contributed by atoms with Crippen molar-refractivity contribution in [1.82, 2.24) is 5.32 Å². The van der Waals surface area contributed by atoms with Crippen LogP contribution in [0, 0.1) is 0 Å². The zero-order chi connectivity index (χ0) is 9.03. The Morgan fingerprint density at radius 2 is 2.25 bits per heavy atom. The first kappa shape index (κ1) is 9.96. The van der Waals surface area contributed by atoms with Gasteiger partial charge in [0.1, 0.15) is 5.60 Å². The lowest BCUT2D eigenvalue weighted by molar-refractivity contribution is -0.0995. The van der Waals surface area contributed by atoms with Crippen molar-refractivity contribution in [1.29, 1.82) is 0 Å². The van der Waals surface area contributed by atoms with Crippen molar-refractivity contribution in [2.75, 3.05) is 26.3 Å². The fourth-order valence-corrected chi connectivity index (χ4v) is 1.48. The number of hydrogen-bond acceptors (Lipinski definition) is 3. The van der Waals surface area contributed by atoms with Crippen LogP contribution in [0.25, 0.3) is 0 Å². The van der Waals surface area contributed by atoms with Crippen LogP contribution in [0.5, 0.6) is 0 Å². The quantitative estimate of drug-likeness (QED) is 0.669. The Labute approximate surface area is 74.4 Å². The molecule has 3 nitrogen and oxygen atoms in total. The van der Waals surface area contributed by atoms with Crippen LogP contribution in [0.1, 0.15) is 20.8 Å². The second-order valence-electron chi connectivity index (χ2n) is 3.85. The first-order valence-electron chi connectivity index (χ1n) is 4.59. The van der Waals surface area contributed by atoms with Crippen molar-refractivity contribution in [2.45, 2.75) is 32.5 Å². The lowest BCUT2D eigenvalue weighted by Crippen LogP contribution is -2.43. The lowest BCUT2D eigenvalue weighted by Gasteiger charge is -2.29. The van der Waals surface area contributed by atoms with Gasteiger partial charge in [0.05, 0.1) is 19.3 Å². The van der Waals surface area contributed by atoms with Crippen LogP contribution in [-0.2, 0) is 9.47 Å². The number of nitrogens with one attached hydrogen (secondary N) is 1. The molecule has 72 valence electrons. The Kier molecular flexibility index (Phi) is 3.50. The number of ether oxygens (including phenoxy) is 2. The van der Waals surface area contributed by atoms with E-state index in [1.807, 2.05) is 0 Å². The summed E-state index contributed by atoms with van der Waals surface area (Å²) in [7, 11) is 0. The van der Waals surface area contributed by atoms with Crippen molar-refractivity contribution in [3.63, 3.8) is 0 Å². The summed E-state index contributed by atoms with van der Waals surface area (Å²) >= 11 is 0. The molecular formula is C9H19NO2. The highest BCUT2D eigenvalue weighted by Gasteiger charge is 2.27. The maximum atomic E-state index is 5.77. The van der Waals surface area contributed by atoms with Crippen molar-refractivity contribution in [2.24, 2.45) is 0 Å². The van der Waals surface area contributed by atoms with Gasteiger partial charge < -0.3 is 14.8 Å². The summed E-state index contributed by atoms with van der Waals surface area (Å²) < 4.78 is 11.2. The summed E-state index contributed by atoms with van der Waals surface area (Å²) in [5.74, 6) is 0. The minimum absolute atomic E-state index is 0.148. The predicted molar refractivity (Wildman–Crippen MR) is 48.3 cm³/mol. The van der Waals surface area contributed by atoms with Crippen LogP contribution in [0.15, 0.2) is 0 Å². The zero-order valence-electron chi connectivity index (χ0n) is 8.22. The first-order valence-corrected chi connectivity index (χ1v) is 4.59. The lowest BCUT2D eigenvalue weighted by atomic mass is 10.1. The monoisotopic (exact) mass is 173 g/mol. The highest BCUT2D eigenvalue weighted by Crippen LogP contribution is 2.14. The highest BCUT2D eigenvalue weighted by atomic mass is 16.5. The molecule has 0 spiro atoms. The SMILES string of the molecule is CC(C)O[C@]1(C)CNCCOC1. The highest BCUT2D eigenvalue weighted by molar-refractivity contribution is 4.80.